The van der Waals surface area contributed by atoms with Gasteiger partial charge in [-0.2, -0.15) is 5.10 Å². The molecule has 7 nitrogen and oxygen atoms in total. The Hall–Kier alpha value is -3.03. The molecule has 3 aromatic rings. The number of aryl methyl sites for hydroxylation is 1. The van der Waals surface area contributed by atoms with E-state index in [0.29, 0.717) is 22.3 Å². The third-order valence-corrected chi connectivity index (χ3v) is 5.56. The van der Waals surface area contributed by atoms with Gasteiger partial charge in [0.25, 0.3) is 0 Å². The molecule has 2 aromatic carbocycles. The van der Waals surface area contributed by atoms with Crippen molar-refractivity contribution in [2.45, 2.75) is 27.2 Å². The van der Waals surface area contributed by atoms with Crippen molar-refractivity contribution in [1.82, 2.24) is 15.1 Å². The summed E-state index contributed by atoms with van der Waals surface area (Å²) in [5.74, 6) is 0.139. The van der Waals surface area contributed by atoms with Crippen LogP contribution >= 0.6 is 23.2 Å². The highest BCUT2D eigenvalue weighted by molar-refractivity contribution is 6.42. The molecule has 0 atom stereocenters. The van der Waals surface area contributed by atoms with Crippen LogP contribution in [-0.4, -0.2) is 34.7 Å². The van der Waals surface area contributed by atoms with Crippen molar-refractivity contribution in [1.29, 1.82) is 0 Å². The molecule has 2 N–H and O–H groups in total. The molecule has 0 unspecified atom stereocenters. The van der Waals surface area contributed by atoms with Gasteiger partial charge in [0.1, 0.15) is 5.75 Å². The Bertz CT molecular complexity index is 1130. The Kier molecular flexibility index (Phi) is 7.77. The van der Waals surface area contributed by atoms with Gasteiger partial charge in [-0.3, -0.25) is 9.59 Å². The first-order valence-corrected chi connectivity index (χ1v) is 10.8. The molecule has 0 bridgehead atoms. The van der Waals surface area contributed by atoms with E-state index in [9.17, 15) is 9.59 Å². The maximum Gasteiger partial charge on any atom is 0.243 e. The lowest BCUT2D eigenvalue weighted by molar-refractivity contribution is -0.123. The summed E-state index contributed by atoms with van der Waals surface area (Å²) in [6, 6.07) is 12.3. The van der Waals surface area contributed by atoms with Crippen molar-refractivity contribution in [2.75, 3.05) is 18.5 Å². The Morgan fingerprint density at radius 3 is 2.41 bits per heavy atom. The smallest absolute Gasteiger partial charge is 0.243 e. The molecular weight excluding hydrogens is 451 g/mol. The predicted octanol–water partition coefficient (Wildman–Crippen LogP) is 4.49. The molecule has 0 saturated heterocycles. The zero-order valence-corrected chi connectivity index (χ0v) is 19.5. The van der Waals surface area contributed by atoms with E-state index in [4.69, 9.17) is 27.9 Å². The number of amides is 2. The number of hydrogen-bond donors (Lipinski definition) is 2. The van der Waals surface area contributed by atoms with Crippen LogP contribution in [0.25, 0.3) is 5.69 Å². The summed E-state index contributed by atoms with van der Waals surface area (Å²) in [4.78, 5) is 24.6. The number of ether oxygens (including phenoxy) is 1. The van der Waals surface area contributed by atoms with Gasteiger partial charge in [0.15, 0.2) is 0 Å². The molecular formula is C23H24Cl2N4O3. The molecule has 0 saturated carbocycles. The zero-order valence-electron chi connectivity index (χ0n) is 18.0. The monoisotopic (exact) mass is 474 g/mol. The first-order valence-electron chi connectivity index (χ1n) is 10.1. The van der Waals surface area contributed by atoms with Gasteiger partial charge in [0.05, 0.1) is 41.0 Å². The fourth-order valence-corrected chi connectivity index (χ4v) is 3.50. The van der Waals surface area contributed by atoms with Crippen LogP contribution in [0, 0.1) is 13.8 Å². The van der Waals surface area contributed by atoms with Crippen LogP contribution in [0.1, 0.15) is 23.9 Å². The summed E-state index contributed by atoms with van der Waals surface area (Å²) in [5.41, 5.74) is 3.71. The molecule has 0 spiro atoms. The van der Waals surface area contributed by atoms with Gasteiger partial charge < -0.3 is 15.4 Å². The summed E-state index contributed by atoms with van der Waals surface area (Å²) in [7, 11) is 0. The molecule has 9 heteroatoms. The van der Waals surface area contributed by atoms with Crippen molar-refractivity contribution < 1.29 is 14.3 Å². The van der Waals surface area contributed by atoms with Gasteiger partial charge >= 0.3 is 0 Å². The van der Waals surface area contributed by atoms with E-state index in [1.54, 1.807) is 41.1 Å². The van der Waals surface area contributed by atoms with Crippen molar-refractivity contribution in [3.05, 3.63) is 69.5 Å². The largest absolute Gasteiger partial charge is 0.494 e. The molecule has 3 rings (SSSR count). The molecule has 1 aromatic heterocycles. The third kappa shape index (κ3) is 5.81. The third-order valence-electron chi connectivity index (χ3n) is 4.82. The highest BCUT2D eigenvalue weighted by Gasteiger charge is 2.17. The number of benzene rings is 2. The average molecular weight is 475 g/mol. The Morgan fingerprint density at radius 2 is 1.75 bits per heavy atom. The van der Waals surface area contributed by atoms with Gasteiger partial charge in [-0.05, 0) is 63.2 Å². The highest BCUT2D eigenvalue weighted by atomic mass is 35.5. The number of nitrogens with zero attached hydrogens (tertiary/aromatic N) is 2. The number of rotatable bonds is 8. The molecule has 168 valence electrons. The van der Waals surface area contributed by atoms with Gasteiger partial charge in [-0.15, -0.1) is 0 Å². The van der Waals surface area contributed by atoms with E-state index in [0.717, 1.165) is 28.4 Å². The van der Waals surface area contributed by atoms with Crippen LogP contribution in [0.2, 0.25) is 10.0 Å². The molecule has 0 radical (unpaired) electrons. The van der Waals surface area contributed by atoms with E-state index in [1.807, 2.05) is 26.8 Å². The Balaban J connectivity index is 1.58. The minimum absolute atomic E-state index is 0.106. The lowest BCUT2D eigenvalue weighted by Crippen LogP contribution is -2.34. The first kappa shape index (κ1) is 23.6. The van der Waals surface area contributed by atoms with Gasteiger partial charge in [0, 0.05) is 16.9 Å². The lowest BCUT2D eigenvalue weighted by Gasteiger charge is -2.09. The lowest BCUT2D eigenvalue weighted by atomic mass is 10.1. The van der Waals surface area contributed by atoms with Crippen LogP contribution in [0.15, 0.2) is 42.5 Å². The second kappa shape index (κ2) is 10.5. The van der Waals surface area contributed by atoms with Crippen LogP contribution in [0.3, 0.4) is 0 Å². The summed E-state index contributed by atoms with van der Waals surface area (Å²) < 4.78 is 7.09. The van der Waals surface area contributed by atoms with Crippen molar-refractivity contribution in [2.24, 2.45) is 0 Å². The normalized spacial score (nSPS) is 10.7. The number of aromatic nitrogens is 2. The molecule has 0 aliphatic heterocycles. The first-order chi connectivity index (χ1) is 15.3. The van der Waals surface area contributed by atoms with Crippen molar-refractivity contribution in [3.8, 4) is 11.4 Å². The zero-order chi connectivity index (χ0) is 23.3. The Labute approximate surface area is 196 Å². The average Bonchev–Trinajstić information content (AvgIpc) is 3.04. The Morgan fingerprint density at radius 1 is 1.03 bits per heavy atom. The number of carbonyl (C=O) groups is 2. The summed E-state index contributed by atoms with van der Waals surface area (Å²) in [6.45, 7) is 6.06. The maximum atomic E-state index is 12.5. The molecule has 0 fully saturated rings. The summed E-state index contributed by atoms with van der Waals surface area (Å²) in [5, 5.41) is 10.8. The second-order valence-corrected chi connectivity index (χ2v) is 7.93. The molecule has 2 amide bonds. The van der Waals surface area contributed by atoms with Crippen LogP contribution in [0.5, 0.6) is 5.75 Å². The molecule has 32 heavy (non-hydrogen) atoms. The fraction of sp³-hybridized carbons (Fsp3) is 0.261. The number of anilines is 1. The molecule has 0 aliphatic carbocycles. The van der Waals surface area contributed by atoms with E-state index < -0.39 is 0 Å². The molecule has 0 aliphatic rings. The number of halogens is 2. The van der Waals surface area contributed by atoms with Crippen molar-refractivity contribution in [3.63, 3.8) is 0 Å². The van der Waals surface area contributed by atoms with Gasteiger partial charge in [0.2, 0.25) is 11.8 Å². The highest BCUT2D eigenvalue weighted by Crippen LogP contribution is 2.26. The van der Waals surface area contributed by atoms with E-state index >= 15 is 0 Å². The van der Waals surface area contributed by atoms with E-state index in [-0.39, 0.29) is 24.8 Å². The standard InChI is InChI=1S/C23H24Cl2N4O3/c1-4-32-18-8-5-16(6-9-18)27-23(31)13-26-22(30)12-19-14(2)28-29(15(19)3)17-7-10-20(24)21(25)11-17/h5-11H,4,12-13H2,1-3H3,(H,26,30)(H,27,31). The van der Waals surface area contributed by atoms with E-state index in [2.05, 4.69) is 15.7 Å². The van der Waals surface area contributed by atoms with Gasteiger partial charge in [-0.25, -0.2) is 4.68 Å². The van der Waals surface area contributed by atoms with Crippen LogP contribution in [0.4, 0.5) is 5.69 Å². The summed E-state index contributed by atoms with van der Waals surface area (Å²) in [6.07, 6.45) is 0.106. The van der Waals surface area contributed by atoms with E-state index in [1.165, 1.54) is 0 Å². The topological polar surface area (TPSA) is 85.2 Å². The van der Waals surface area contributed by atoms with Gasteiger partial charge in [-0.1, -0.05) is 23.2 Å². The van der Waals surface area contributed by atoms with Crippen LogP contribution < -0.4 is 15.4 Å². The SMILES string of the molecule is CCOc1ccc(NC(=O)CNC(=O)Cc2c(C)nn(-c3ccc(Cl)c(Cl)c3)c2C)cc1. The number of nitrogens with one attached hydrogen (secondary N) is 2. The number of carbonyl (C=O) groups excluding carboxylic acids is 2. The molecule has 1 heterocycles. The number of hydrogen-bond acceptors (Lipinski definition) is 4. The van der Waals surface area contributed by atoms with Crippen molar-refractivity contribution >= 4 is 40.7 Å². The quantitative estimate of drug-likeness (QED) is 0.503. The second-order valence-electron chi connectivity index (χ2n) is 7.12. The fourth-order valence-electron chi connectivity index (χ4n) is 3.21. The minimum Gasteiger partial charge on any atom is -0.494 e. The van der Waals surface area contributed by atoms with Crippen LogP contribution in [-0.2, 0) is 16.0 Å². The predicted molar refractivity (Wildman–Crippen MR) is 126 cm³/mol. The minimum atomic E-state index is -0.317. The summed E-state index contributed by atoms with van der Waals surface area (Å²) >= 11 is 12.1. The maximum absolute atomic E-state index is 12.5.